The van der Waals surface area contributed by atoms with Gasteiger partial charge in [-0.15, -0.1) is 0 Å². The number of hydrogen-bond donors (Lipinski definition) is 3. The molecule has 0 radical (unpaired) electrons. The molecule has 0 aromatic heterocycles. The summed E-state index contributed by atoms with van der Waals surface area (Å²) in [6.45, 7) is 12.2. The summed E-state index contributed by atoms with van der Waals surface area (Å²) in [4.78, 5) is 113. The van der Waals surface area contributed by atoms with Crippen molar-refractivity contribution in [3.63, 3.8) is 0 Å². The Hall–Kier alpha value is -5.16. The first-order valence-electron chi connectivity index (χ1n) is 24.1. The second kappa shape index (κ2) is 25.3. The molecular formula is C50H76N6O11. The molecule has 9 atom stereocenters. The number of methoxy groups -OCH3 is 2. The lowest BCUT2D eigenvalue weighted by Gasteiger charge is -2.45. The third-order valence-corrected chi connectivity index (χ3v) is 14.2. The Balaban J connectivity index is 1.43. The van der Waals surface area contributed by atoms with Gasteiger partial charge in [-0.1, -0.05) is 77.8 Å². The Labute approximate surface area is 396 Å². The molecule has 0 spiro atoms. The largest absolute Gasteiger partial charge is 0.480 e. The fraction of sp³-hybridized carbons (Fsp3) is 0.680. The quantitative estimate of drug-likeness (QED) is 0.0938. The van der Waals surface area contributed by atoms with Crippen molar-refractivity contribution in [1.29, 1.82) is 0 Å². The zero-order valence-corrected chi connectivity index (χ0v) is 41.2. The normalized spacial score (nSPS) is 21.6. The van der Waals surface area contributed by atoms with E-state index in [1.54, 1.807) is 59.9 Å². The minimum Gasteiger partial charge on any atom is -0.480 e. The molecule has 3 N–H and O–H groups in total. The van der Waals surface area contributed by atoms with Crippen molar-refractivity contribution in [2.45, 2.75) is 161 Å². The number of likely N-dealkylation sites (N-methyl/N-ethyl adjacent to an activating group) is 1. The highest BCUT2D eigenvalue weighted by molar-refractivity contribution is 6.12. The van der Waals surface area contributed by atoms with E-state index in [2.05, 4.69) is 10.6 Å². The van der Waals surface area contributed by atoms with Crippen molar-refractivity contribution in [2.75, 3.05) is 40.9 Å². The van der Waals surface area contributed by atoms with Crippen LogP contribution in [0.2, 0.25) is 0 Å². The summed E-state index contributed by atoms with van der Waals surface area (Å²) in [5.74, 6) is -4.75. The molecule has 3 aliphatic heterocycles. The molecule has 7 amide bonds. The van der Waals surface area contributed by atoms with Crippen LogP contribution in [0.25, 0.3) is 0 Å². The van der Waals surface area contributed by atoms with E-state index in [-0.39, 0.29) is 67.2 Å². The van der Waals surface area contributed by atoms with E-state index in [1.165, 1.54) is 31.3 Å². The topological polar surface area (TPSA) is 212 Å². The Morgan fingerprint density at radius 3 is 2.15 bits per heavy atom. The monoisotopic (exact) mass is 937 g/mol. The molecule has 0 aliphatic carbocycles. The number of likely N-dealkylation sites (tertiary alicyclic amines) is 2. The second-order valence-electron chi connectivity index (χ2n) is 19.1. The van der Waals surface area contributed by atoms with Gasteiger partial charge in [0, 0.05) is 65.9 Å². The van der Waals surface area contributed by atoms with E-state index in [0.29, 0.717) is 58.0 Å². The highest BCUT2D eigenvalue weighted by atomic mass is 16.5. The number of carbonyl (C=O) groups excluding carboxylic acids is 7. The minimum atomic E-state index is -1.19. The smallest absolute Gasteiger partial charge is 0.326 e. The second-order valence-corrected chi connectivity index (χ2v) is 19.1. The standard InChI is InChI=1S/C50H76N6O11/c1-10-33(4)44(38(66-8)31-42(60)54-28-19-22-37(54)45(67-9)34(5)46(61)51-36(48(63)64)30-35-20-13-11-14-21-35)53(7)47(62)43(32(2)3)52-49(65)50(6)26-16-18-29-56(50)41(59)23-15-12-17-27-55-39(57)24-25-40(55)58/h11,13-14,20-21,24-25,32-34,36-38,43-45H,10,12,15-19,22-23,26-31H2,1-9H3,(H,51,61)(H,52,65)(H,63,64)/t33?,34?,36?,37-,38?,43?,44?,45?,50-/m0/s1. The number of benzene rings is 1. The number of ether oxygens (including phenoxy) is 2. The van der Waals surface area contributed by atoms with Crippen LogP contribution in [0.15, 0.2) is 42.5 Å². The lowest BCUT2D eigenvalue weighted by Crippen LogP contribution is -2.65. The molecule has 7 unspecified atom stereocenters. The van der Waals surface area contributed by atoms with Crippen LogP contribution in [0, 0.1) is 17.8 Å². The van der Waals surface area contributed by atoms with Gasteiger partial charge in [0.2, 0.25) is 29.5 Å². The zero-order chi connectivity index (χ0) is 49.6. The van der Waals surface area contributed by atoms with Crippen molar-refractivity contribution < 1.29 is 52.9 Å². The molecule has 2 saturated heterocycles. The number of carboxylic acid groups (broad SMARTS) is 1. The number of nitrogens with zero attached hydrogens (tertiary/aromatic N) is 4. The summed E-state index contributed by atoms with van der Waals surface area (Å²) in [6.07, 6.45) is 6.76. The molecule has 1 aromatic carbocycles. The molecule has 2 fully saturated rings. The molecule has 17 nitrogen and oxygen atoms in total. The van der Waals surface area contributed by atoms with Gasteiger partial charge in [-0.25, -0.2) is 4.79 Å². The van der Waals surface area contributed by atoms with E-state index >= 15 is 0 Å². The summed E-state index contributed by atoms with van der Waals surface area (Å²) >= 11 is 0. The van der Waals surface area contributed by atoms with E-state index in [0.717, 1.165) is 18.4 Å². The fourth-order valence-electron chi connectivity index (χ4n) is 9.96. The minimum absolute atomic E-state index is 0.0750. The van der Waals surface area contributed by atoms with Crippen LogP contribution in [0.1, 0.15) is 118 Å². The molecule has 67 heavy (non-hydrogen) atoms. The van der Waals surface area contributed by atoms with Crippen molar-refractivity contribution in [2.24, 2.45) is 17.8 Å². The van der Waals surface area contributed by atoms with Crippen molar-refractivity contribution in [3.8, 4) is 0 Å². The van der Waals surface area contributed by atoms with E-state index in [4.69, 9.17) is 9.47 Å². The Bertz CT molecular complexity index is 1910. The summed E-state index contributed by atoms with van der Waals surface area (Å²) in [5, 5.41) is 15.7. The van der Waals surface area contributed by atoms with Crippen LogP contribution in [0.3, 0.4) is 0 Å². The lowest BCUT2D eigenvalue weighted by molar-refractivity contribution is -0.153. The molecule has 372 valence electrons. The molecule has 0 saturated carbocycles. The van der Waals surface area contributed by atoms with Crippen molar-refractivity contribution >= 4 is 47.3 Å². The molecule has 0 bridgehead atoms. The van der Waals surface area contributed by atoms with Gasteiger partial charge < -0.3 is 39.9 Å². The molecular weight excluding hydrogens is 861 g/mol. The molecule has 4 rings (SSSR count). The first kappa shape index (κ1) is 54.4. The van der Waals surface area contributed by atoms with Gasteiger partial charge >= 0.3 is 5.97 Å². The summed E-state index contributed by atoms with van der Waals surface area (Å²) in [6, 6.07) is 5.88. The highest BCUT2D eigenvalue weighted by Gasteiger charge is 2.47. The van der Waals surface area contributed by atoms with E-state index < -0.39 is 65.6 Å². The third-order valence-electron chi connectivity index (χ3n) is 14.2. The number of hydrogen-bond acceptors (Lipinski definition) is 10. The fourth-order valence-corrected chi connectivity index (χ4v) is 9.96. The summed E-state index contributed by atoms with van der Waals surface area (Å²) < 4.78 is 12.0. The van der Waals surface area contributed by atoms with Gasteiger partial charge in [-0.05, 0) is 69.3 Å². The van der Waals surface area contributed by atoms with Crippen LogP contribution in [-0.4, -0.2) is 155 Å². The van der Waals surface area contributed by atoms with Crippen LogP contribution >= 0.6 is 0 Å². The van der Waals surface area contributed by atoms with Crippen LogP contribution in [-0.2, 0) is 54.3 Å². The van der Waals surface area contributed by atoms with E-state index in [1.807, 2.05) is 33.8 Å². The van der Waals surface area contributed by atoms with E-state index in [9.17, 15) is 43.5 Å². The average molecular weight is 937 g/mol. The van der Waals surface area contributed by atoms with Gasteiger partial charge in [0.15, 0.2) is 0 Å². The number of rotatable bonds is 25. The molecule has 3 aliphatic rings. The number of aliphatic carboxylic acids is 1. The molecule has 3 heterocycles. The maximum atomic E-state index is 14.7. The number of amides is 7. The maximum absolute atomic E-state index is 14.7. The van der Waals surface area contributed by atoms with Crippen molar-refractivity contribution in [1.82, 2.24) is 30.2 Å². The lowest BCUT2D eigenvalue weighted by atomic mass is 9.86. The predicted molar refractivity (Wildman–Crippen MR) is 251 cm³/mol. The number of piperidine rings is 1. The zero-order valence-electron chi connectivity index (χ0n) is 41.2. The number of carboxylic acids is 1. The van der Waals surface area contributed by atoms with Gasteiger partial charge in [-0.2, -0.15) is 0 Å². The first-order chi connectivity index (χ1) is 31.8. The van der Waals surface area contributed by atoms with Crippen LogP contribution < -0.4 is 10.6 Å². The number of unbranched alkanes of at least 4 members (excludes halogenated alkanes) is 2. The highest BCUT2D eigenvalue weighted by Crippen LogP contribution is 2.32. The number of imide groups is 1. The van der Waals surface area contributed by atoms with Gasteiger partial charge in [0.1, 0.15) is 17.6 Å². The van der Waals surface area contributed by atoms with Crippen LogP contribution in [0.4, 0.5) is 0 Å². The molecule has 1 aromatic rings. The number of nitrogens with one attached hydrogen (secondary N) is 2. The van der Waals surface area contributed by atoms with Gasteiger partial charge in [0.05, 0.1) is 36.6 Å². The van der Waals surface area contributed by atoms with Gasteiger partial charge in [0.25, 0.3) is 11.8 Å². The molecule has 17 heteroatoms. The maximum Gasteiger partial charge on any atom is 0.326 e. The van der Waals surface area contributed by atoms with Gasteiger partial charge in [-0.3, -0.25) is 38.5 Å². The Morgan fingerprint density at radius 1 is 0.881 bits per heavy atom. The van der Waals surface area contributed by atoms with Crippen molar-refractivity contribution in [3.05, 3.63) is 48.0 Å². The number of carbonyl (C=O) groups is 8. The SMILES string of the molecule is CCC(C)C(C(CC(=O)N1CCC[C@H]1C(OC)C(C)C(=O)NC(Cc1ccccc1)C(=O)O)OC)N(C)C(=O)C(NC(=O)[C@]1(C)CCCCN1C(=O)CCCCCN1C(=O)C=CC1=O)C(C)C. The van der Waals surface area contributed by atoms with Crippen LogP contribution in [0.5, 0.6) is 0 Å². The Morgan fingerprint density at radius 2 is 1.55 bits per heavy atom. The summed E-state index contributed by atoms with van der Waals surface area (Å²) in [7, 11) is 4.66. The predicted octanol–water partition coefficient (Wildman–Crippen LogP) is 4.12. The third kappa shape index (κ3) is 13.7. The first-order valence-corrected chi connectivity index (χ1v) is 24.1. The average Bonchev–Trinajstić information content (AvgIpc) is 3.92. The summed E-state index contributed by atoms with van der Waals surface area (Å²) in [5.41, 5.74) is -0.426. The Kier molecular flexibility index (Phi) is 20.5.